The number of aliphatic hydroxyl groups is 1. The molecule has 1 N–H and O–H groups in total. The Hall–Kier alpha value is -1.98. The van der Waals surface area contributed by atoms with Gasteiger partial charge in [0.05, 0.1) is 9.92 Å². The van der Waals surface area contributed by atoms with Crippen LogP contribution >= 0.6 is 11.6 Å². The van der Waals surface area contributed by atoms with Crippen molar-refractivity contribution in [2.75, 3.05) is 0 Å². The van der Waals surface area contributed by atoms with Crippen LogP contribution in [0.3, 0.4) is 0 Å². The summed E-state index contributed by atoms with van der Waals surface area (Å²) in [4.78, 5) is -1.48. The molecule has 2 aromatic carbocycles. The lowest BCUT2D eigenvalue weighted by atomic mass is 10.1. The van der Waals surface area contributed by atoms with E-state index < -0.39 is 61.4 Å². The Bertz CT molecular complexity index is 1050. The second-order valence-corrected chi connectivity index (χ2v) is 8.24. The number of alkyl halides is 5. The number of halogens is 7. The molecule has 0 radical (unpaired) electrons. The average molecular weight is 447 g/mol. The van der Waals surface area contributed by atoms with E-state index in [4.69, 9.17) is 16.3 Å². The highest BCUT2D eigenvalue weighted by molar-refractivity contribution is 7.92. The highest BCUT2D eigenvalue weighted by atomic mass is 35.5. The van der Waals surface area contributed by atoms with Gasteiger partial charge < -0.3 is 9.84 Å². The van der Waals surface area contributed by atoms with Crippen LogP contribution in [0.5, 0.6) is 11.5 Å². The molecule has 12 heteroatoms. The molecule has 0 amide bonds. The highest BCUT2D eigenvalue weighted by Crippen LogP contribution is 2.51. The second kappa shape index (κ2) is 6.53. The van der Waals surface area contributed by atoms with E-state index in [0.29, 0.717) is 6.07 Å². The second-order valence-electron chi connectivity index (χ2n) is 5.92. The lowest BCUT2D eigenvalue weighted by molar-refractivity contribution is -0.0978. The van der Waals surface area contributed by atoms with Crippen molar-refractivity contribution in [1.29, 1.82) is 0 Å². The number of hydrogen-bond donors (Lipinski definition) is 1. The molecule has 1 aliphatic rings. The summed E-state index contributed by atoms with van der Waals surface area (Å²) in [6.45, 7) is 0. The van der Waals surface area contributed by atoms with Crippen LogP contribution in [0, 0.1) is 5.82 Å². The van der Waals surface area contributed by atoms with E-state index in [2.05, 4.69) is 0 Å². The van der Waals surface area contributed by atoms with Gasteiger partial charge >= 0.3 is 5.51 Å². The summed E-state index contributed by atoms with van der Waals surface area (Å²) in [5, 5.41) is 9.42. The number of ether oxygens (including phenoxy) is 1. The predicted molar refractivity (Wildman–Crippen MR) is 84.8 cm³/mol. The van der Waals surface area contributed by atoms with Crippen LogP contribution in [-0.2, 0) is 16.3 Å². The molecule has 2 aromatic rings. The first-order valence-electron chi connectivity index (χ1n) is 7.41. The summed E-state index contributed by atoms with van der Waals surface area (Å²) in [7, 11) is -6.01. The van der Waals surface area contributed by atoms with Crippen molar-refractivity contribution in [2.24, 2.45) is 0 Å². The predicted octanol–water partition coefficient (Wildman–Crippen LogP) is 4.79. The van der Waals surface area contributed by atoms with Crippen LogP contribution in [-0.4, -0.2) is 25.0 Å². The van der Waals surface area contributed by atoms with Gasteiger partial charge in [-0.3, -0.25) is 0 Å². The summed E-state index contributed by atoms with van der Waals surface area (Å²) in [5.74, 6) is -5.27. The van der Waals surface area contributed by atoms with Gasteiger partial charge in [-0.05, 0) is 24.3 Å². The summed E-state index contributed by atoms with van der Waals surface area (Å²) < 4.78 is 109. The standard InChI is InChI=1S/C16H9ClF6O4S/c17-9-5-7(1-2-10(9)18)27-11-3-4-12(28(25,26)16(21,22)23)13-8(11)6-15(19,20)14(13)24/h1-5,14,24H,6H2/t14-/m0/s1. The third-order valence-electron chi connectivity index (χ3n) is 4.07. The van der Waals surface area contributed by atoms with Gasteiger partial charge in [-0.25, -0.2) is 21.6 Å². The normalized spacial score (nSPS) is 18.8. The molecule has 0 aromatic heterocycles. The third-order valence-corrected chi connectivity index (χ3v) is 5.91. The highest BCUT2D eigenvalue weighted by Gasteiger charge is 2.55. The van der Waals surface area contributed by atoms with Gasteiger partial charge in [0, 0.05) is 23.6 Å². The number of hydrogen-bond acceptors (Lipinski definition) is 4. The molecule has 0 saturated heterocycles. The van der Waals surface area contributed by atoms with Crippen molar-refractivity contribution in [3.05, 3.63) is 52.3 Å². The van der Waals surface area contributed by atoms with Crippen LogP contribution in [0.2, 0.25) is 5.02 Å². The zero-order chi connectivity index (χ0) is 21.1. The van der Waals surface area contributed by atoms with Gasteiger partial charge in [0.2, 0.25) is 0 Å². The maximum absolute atomic E-state index is 14.0. The number of fused-ring (bicyclic) bond motifs is 1. The molecular weight excluding hydrogens is 438 g/mol. The Morgan fingerprint density at radius 1 is 1.18 bits per heavy atom. The average Bonchev–Trinajstić information content (AvgIpc) is 2.81. The van der Waals surface area contributed by atoms with Crippen LogP contribution in [0.4, 0.5) is 26.3 Å². The van der Waals surface area contributed by atoms with E-state index in [-0.39, 0.29) is 10.8 Å². The van der Waals surface area contributed by atoms with Gasteiger partial charge in [0.15, 0.2) is 0 Å². The molecule has 0 bridgehead atoms. The quantitative estimate of drug-likeness (QED) is 0.689. The van der Waals surface area contributed by atoms with E-state index in [9.17, 15) is 39.9 Å². The van der Waals surface area contributed by atoms with E-state index in [0.717, 1.165) is 24.3 Å². The topological polar surface area (TPSA) is 63.6 Å². The monoisotopic (exact) mass is 446 g/mol. The van der Waals surface area contributed by atoms with Crippen LogP contribution in [0.1, 0.15) is 17.2 Å². The van der Waals surface area contributed by atoms with Crippen molar-refractivity contribution in [1.82, 2.24) is 0 Å². The molecule has 0 spiro atoms. The van der Waals surface area contributed by atoms with Gasteiger partial charge in [-0.15, -0.1) is 0 Å². The minimum absolute atomic E-state index is 0.135. The minimum Gasteiger partial charge on any atom is -0.457 e. The van der Waals surface area contributed by atoms with E-state index in [1.54, 1.807) is 0 Å². The van der Waals surface area contributed by atoms with Crippen molar-refractivity contribution < 1.29 is 44.6 Å². The molecular formula is C16H9ClF6O4S. The van der Waals surface area contributed by atoms with Crippen LogP contribution < -0.4 is 4.74 Å². The first kappa shape index (κ1) is 20.7. The first-order valence-corrected chi connectivity index (χ1v) is 9.28. The van der Waals surface area contributed by atoms with Gasteiger partial charge in [0.25, 0.3) is 15.8 Å². The van der Waals surface area contributed by atoms with E-state index in [1.807, 2.05) is 0 Å². The Balaban J connectivity index is 2.17. The van der Waals surface area contributed by atoms with Gasteiger partial charge in [0.1, 0.15) is 23.4 Å². The van der Waals surface area contributed by atoms with Gasteiger partial charge in [-0.1, -0.05) is 11.6 Å². The smallest absolute Gasteiger partial charge is 0.457 e. The zero-order valence-electron chi connectivity index (χ0n) is 13.4. The molecule has 3 rings (SSSR count). The summed E-state index contributed by atoms with van der Waals surface area (Å²) >= 11 is 5.58. The van der Waals surface area contributed by atoms with Gasteiger partial charge in [-0.2, -0.15) is 13.2 Å². The molecule has 4 nitrogen and oxygen atoms in total. The Kier molecular flexibility index (Phi) is 4.84. The lowest BCUT2D eigenvalue weighted by Crippen LogP contribution is -2.26. The zero-order valence-corrected chi connectivity index (χ0v) is 15.0. The number of rotatable bonds is 3. The van der Waals surface area contributed by atoms with Crippen molar-refractivity contribution in [3.8, 4) is 11.5 Å². The summed E-state index contributed by atoms with van der Waals surface area (Å²) in [5.41, 5.74) is -7.46. The Labute approximate surface area is 159 Å². The van der Waals surface area contributed by atoms with E-state index in [1.165, 1.54) is 0 Å². The Morgan fingerprint density at radius 3 is 2.39 bits per heavy atom. The fourth-order valence-corrected chi connectivity index (χ4v) is 3.96. The molecule has 28 heavy (non-hydrogen) atoms. The molecule has 1 aliphatic carbocycles. The molecule has 0 saturated carbocycles. The lowest BCUT2D eigenvalue weighted by Gasteiger charge is -2.17. The van der Waals surface area contributed by atoms with Crippen molar-refractivity contribution in [2.45, 2.75) is 28.9 Å². The largest absolute Gasteiger partial charge is 0.501 e. The first-order chi connectivity index (χ1) is 12.8. The molecule has 0 aliphatic heterocycles. The fourth-order valence-electron chi connectivity index (χ4n) is 2.77. The summed E-state index contributed by atoms with van der Waals surface area (Å²) in [6, 6.07) is 4.16. The number of aliphatic hydroxyl groups excluding tert-OH is 1. The van der Waals surface area contributed by atoms with E-state index >= 15 is 0 Å². The third kappa shape index (κ3) is 3.31. The molecule has 0 unspecified atom stereocenters. The Morgan fingerprint density at radius 2 is 1.82 bits per heavy atom. The molecule has 0 heterocycles. The summed E-state index contributed by atoms with van der Waals surface area (Å²) in [6.07, 6.45) is -4.04. The van der Waals surface area contributed by atoms with Crippen LogP contribution in [0.15, 0.2) is 35.2 Å². The fraction of sp³-hybridized carbons (Fsp3) is 0.250. The number of benzene rings is 2. The number of sulfone groups is 1. The van der Waals surface area contributed by atoms with Crippen molar-refractivity contribution >= 4 is 21.4 Å². The molecule has 152 valence electrons. The maximum atomic E-state index is 14.0. The molecule has 1 atom stereocenters. The SMILES string of the molecule is O=S(=O)(c1ccc(Oc2ccc(F)c(Cl)c2)c2c1[C@H](O)C(F)(F)C2)C(F)(F)F. The van der Waals surface area contributed by atoms with Crippen molar-refractivity contribution in [3.63, 3.8) is 0 Å². The van der Waals surface area contributed by atoms with Crippen LogP contribution in [0.25, 0.3) is 0 Å². The molecule has 0 fully saturated rings. The maximum Gasteiger partial charge on any atom is 0.501 e. The minimum atomic E-state index is -6.01.